The summed E-state index contributed by atoms with van der Waals surface area (Å²) in [5.74, 6) is 1.23. The van der Waals surface area contributed by atoms with Crippen LogP contribution in [0.25, 0.3) is 0 Å². The number of likely N-dealkylation sites (tertiary alicyclic amines) is 1. The van der Waals surface area contributed by atoms with E-state index in [1.54, 1.807) is 0 Å². The molecular formula is C16H27N3OS. The molecule has 1 aliphatic rings. The van der Waals surface area contributed by atoms with Crippen LogP contribution in [0, 0.1) is 18.8 Å². The predicted molar refractivity (Wildman–Crippen MR) is 87.7 cm³/mol. The number of hydrogen-bond donors (Lipinski definition) is 1. The average Bonchev–Trinajstić information content (AvgIpc) is 2.78. The number of carbonyl (C=O) groups is 1. The summed E-state index contributed by atoms with van der Waals surface area (Å²) in [6.45, 7) is 10.0. The molecule has 1 unspecified atom stereocenters. The van der Waals surface area contributed by atoms with Crippen molar-refractivity contribution in [2.75, 3.05) is 13.1 Å². The molecule has 0 radical (unpaired) electrons. The smallest absolute Gasteiger partial charge is 0.265 e. The molecule has 1 fully saturated rings. The molecule has 1 amide bonds. The zero-order chi connectivity index (χ0) is 15.6. The van der Waals surface area contributed by atoms with E-state index >= 15 is 0 Å². The van der Waals surface area contributed by atoms with E-state index in [0.717, 1.165) is 47.9 Å². The Morgan fingerprint density at radius 3 is 2.52 bits per heavy atom. The summed E-state index contributed by atoms with van der Waals surface area (Å²) in [7, 11) is 0. The summed E-state index contributed by atoms with van der Waals surface area (Å²) in [6, 6.07) is 0.226. The topological polar surface area (TPSA) is 59.2 Å². The van der Waals surface area contributed by atoms with Gasteiger partial charge in [-0.05, 0) is 44.9 Å². The molecule has 2 rings (SSSR count). The minimum absolute atomic E-state index is 0.166. The fraction of sp³-hybridized carbons (Fsp3) is 0.750. The second kappa shape index (κ2) is 6.88. The van der Waals surface area contributed by atoms with Gasteiger partial charge in [-0.15, -0.1) is 11.3 Å². The number of thiazole rings is 1. The number of hydrogen-bond acceptors (Lipinski definition) is 4. The van der Waals surface area contributed by atoms with Crippen LogP contribution in [0.3, 0.4) is 0 Å². The van der Waals surface area contributed by atoms with E-state index in [9.17, 15) is 4.79 Å². The molecule has 1 saturated heterocycles. The average molecular weight is 309 g/mol. The number of aryl methyl sites for hydroxylation is 1. The first kappa shape index (κ1) is 16.4. The fourth-order valence-corrected chi connectivity index (χ4v) is 3.85. The van der Waals surface area contributed by atoms with Gasteiger partial charge in [0.2, 0.25) is 0 Å². The Balaban J connectivity index is 2.07. The molecule has 0 bridgehead atoms. The number of amides is 1. The van der Waals surface area contributed by atoms with E-state index in [1.807, 2.05) is 11.8 Å². The molecule has 1 aromatic rings. The zero-order valence-electron chi connectivity index (χ0n) is 13.6. The van der Waals surface area contributed by atoms with Crippen LogP contribution < -0.4 is 5.73 Å². The lowest BCUT2D eigenvalue weighted by Gasteiger charge is -2.33. The largest absolute Gasteiger partial charge is 0.338 e. The van der Waals surface area contributed by atoms with Gasteiger partial charge >= 0.3 is 0 Å². The minimum Gasteiger partial charge on any atom is -0.338 e. The quantitative estimate of drug-likeness (QED) is 0.930. The van der Waals surface area contributed by atoms with Gasteiger partial charge in [-0.3, -0.25) is 4.79 Å². The van der Waals surface area contributed by atoms with Gasteiger partial charge in [-0.2, -0.15) is 0 Å². The molecule has 1 atom stereocenters. The summed E-state index contributed by atoms with van der Waals surface area (Å²) in [6.07, 6.45) is 2.91. The molecule has 2 N–H and O–H groups in total. The van der Waals surface area contributed by atoms with Gasteiger partial charge in [0.1, 0.15) is 4.88 Å². The lowest BCUT2D eigenvalue weighted by molar-refractivity contribution is 0.0684. The van der Waals surface area contributed by atoms with Crippen molar-refractivity contribution in [3.05, 3.63) is 15.6 Å². The molecule has 1 aliphatic heterocycles. The maximum Gasteiger partial charge on any atom is 0.265 e. The van der Waals surface area contributed by atoms with Crippen molar-refractivity contribution < 1.29 is 4.79 Å². The van der Waals surface area contributed by atoms with Crippen LogP contribution in [0.4, 0.5) is 0 Å². The van der Waals surface area contributed by atoms with Crippen LogP contribution in [0.15, 0.2) is 0 Å². The monoisotopic (exact) mass is 309 g/mol. The van der Waals surface area contributed by atoms with E-state index < -0.39 is 0 Å². The van der Waals surface area contributed by atoms with Gasteiger partial charge in [-0.1, -0.05) is 13.8 Å². The molecule has 5 heteroatoms. The van der Waals surface area contributed by atoms with Crippen LogP contribution in [-0.2, 0) is 6.42 Å². The van der Waals surface area contributed by atoms with Crippen LogP contribution in [0.1, 0.15) is 54.0 Å². The summed E-state index contributed by atoms with van der Waals surface area (Å²) in [5, 5.41) is 0.986. The van der Waals surface area contributed by atoms with E-state index in [4.69, 9.17) is 5.73 Å². The molecular weight excluding hydrogens is 282 g/mol. The second-order valence-electron chi connectivity index (χ2n) is 6.60. The van der Waals surface area contributed by atoms with Gasteiger partial charge in [-0.25, -0.2) is 4.98 Å². The molecule has 0 aromatic carbocycles. The first-order valence-electron chi connectivity index (χ1n) is 7.89. The summed E-state index contributed by atoms with van der Waals surface area (Å²) >= 11 is 1.54. The van der Waals surface area contributed by atoms with Crippen molar-refractivity contribution in [2.45, 2.75) is 53.0 Å². The van der Waals surface area contributed by atoms with Gasteiger partial charge in [0.05, 0.1) is 10.7 Å². The van der Waals surface area contributed by atoms with Crippen LogP contribution >= 0.6 is 11.3 Å². The Hall–Kier alpha value is -0.940. The standard InChI is InChI=1S/C16H27N3OS/c1-10(2)9-14-15(21-12(4)18-14)16(20)19-7-5-13(6-8-19)11(3)17/h10-11,13H,5-9,17H2,1-4H3. The van der Waals surface area contributed by atoms with Gasteiger partial charge in [0.25, 0.3) is 5.91 Å². The number of rotatable bonds is 4. The van der Waals surface area contributed by atoms with E-state index in [1.165, 1.54) is 11.3 Å². The number of carbonyl (C=O) groups excluding carboxylic acids is 1. The van der Waals surface area contributed by atoms with E-state index in [2.05, 4.69) is 25.8 Å². The van der Waals surface area contributed by atoms with Crippen molar-refractivity contribution in [3.8, 4) is 0 Å². The molecule has 0 aliphatic carbocycles. The number of aromatic nitrogens is 1. The Morgan fingerprint density at radius 1 is 1.38 bits per heavy atom. The SMILES string of the molecule is Cc1nc(CC(C)C)c(C(=O)N2CCC(C(C)N)CC2)s1. The number of nitrogens with two attached hydrogens (primary N) is 1. The predicted octanol–water partition coefficient (Wildman–Crippen LogP) is 2.85. The normalized spacial score (nSPS) is 18.3. The van der Waals surface area contributed by atoms with Gasteiger partial charge in [0, 0.05) is 19.1 Å². The van der Waals surface area contributed by atoms with Crippen LogP contribution in [-0.4, -0.2) is 34.9 Å². The highest BCUT2D eigenvalue weighted by atomic mass is 32.1. The second-order valence-corrected chi connectivity index (χ2v) is 7.80. The van der Waals surface area contributed by atoms with Gasteiger partial charge < -0.3 is 10.6 Å². The zero-order valence-corrected chi connectivity index (χ0v) is 14.4. The Labute approximate surface area is 131 Å². The van der Waals surface area contributed by atoms with Gasteiger partial charge in [0.15, 0.2) is 0 Å². The highest BCUT2D eigenvalue weighted by Gasteiger charge is 2.28. The molecule has 118 valence electrons. The lowest BCUT2D eigenvalue weighted by atomic mass is 9.91. The Kier molecular flexibility index (Phi) is 5.38. The molecule has 0 saturated carbocycles. The van der Waals surface area contributed by atoms with Crippen LogP contribution in [0.2, 0.25) is 0 Å². The van der Waals surface area contributed by atoms with Crippen molar-refractivity contribution >= 4 is 17.2 Å². The maximum absolute atomic E-state index is 12.8. The molecule has 0 spiro atoms. The number of piperidine rings is 1. The third-order valence-corrected chi connectivity index (χ3v) is 5.17. The Bertz CT molecular complexity index is 488. The van der Waals surface area contributed by atoms with Crippen molar-refractivity contribution in [1.29, 1.82) is 0 Å². The lowest BCUT2D eigenvalue weighted by Crippen LogP contribution is -2.42. The van der Waals surface area contributed by atoms with E-state index in [0.29, 0.717) is 11.8 Å². The molecule has 1 aromatic heterocycles. The molecule has 4 nitrogen and oxygen atoms in total. The fourth-order valence-electron chi connectivity index (χ4n) is 2.93. The third kappa shape index (κ3) is 4.04. The summed E-state index contributed by atoms with van der Waals surface area (Å²) in [4.78, 5) is 20.1. The van der Waals surface area contributed by atoms with Crippen LogP contribution in [0.5, 0.6) is 0 Å². The first-order chi connectivity index (χ1) is 9.88. The maximum atomic E-state index is 12.8. The Morgan fingerprint density at radius 2 is 2.00 bits per heavy atom. The highest BCUT2D eigenvalue weighted by Crippen LogP contribution is 2.26. The third-order valence-electron chi connectivity index (χ3n) is 4.17. The number of nitrogens with zero attached hydrogens (tertiary/aromatic N) is 2. The summed E-state index contributed by atoms with van der Waals surface area (Å²) in [5.41, 5.74) is 6.95. The summed E-state index contributed by atoms with van der Waals surface area (Å²) < 4.78 is 0. The van der Waals surface area contributed by atoms with E-state index in [-0.39, 0.29) is 11.9 Å². The van der Waals surface area contributed by atoms with Crippen molar-refractivity contribution in [1.82, 2.24) is 9.88 Å². The highest BCUT2D eigenvalue weighted by molar-refractivity contribution is 7.13. The minimum atomic E-state index is 0.166. The van der Waals surface area contributed by atoms with Crippen molar-refractivity contribution in [2.24, 2.45) is 17.6 Å². The first-order valence-corrected chi connectivity index (χ1v) is 8.71. The molecule has 2 heterocycles. The molecule has 21 heavy (non-hydrogen) atoms. The van der Waals surface area contributed by atoms with Crippen molar-refractivity contribution in [3.63, 3.8) is 0 Å².